The number of quaternary nitrogens is 1. The van der Waals surface area contributed by atoms with Gasteiger partial charge in [0.1, 0.15) is 13.1 Å². The second kappa shape index (κ2) is 5.20. The molecule has 0 unspecified atom stereocenters. The van der Waals surface area contributed by atoms with Gasteiger partial charge < -0.3 is 21.6 Å². The quantitative estimate of drug-likeness (QED) is 0.360. The topological polar surface area (TPSA) is 9.23 Å². The fraction of sp³-hybridized carbons (Fsp3) is 1.00. The van der Waals surface area contributed by atoms with E-state index < -0.39 is 0 Å². The van der Waals surface area contributed by atoms with Crippen LogP contribution in [0.25, 0.3) is 0 Å². The molecule has 0 atom stereocenters. The van der Waals surface area contributed by atoms with E-state index in [1.807, 2.05) is 0 Å². The number of nitrogens with zero attached hydrogens (tertiary/aromatic N) is 1. The molecule has 11 heavy (non-hydrogen) atoms. The zero-order chi connectivity index (χ0) is 7.45. The molecule has 0 aromatic rings. The van der Waals surface area contributed by atoms with Crippen LogP contribution in [0.5, 0.6) is 0 Å². The SMILES string of the molecule is C[N+]1(CCCl)CCOCC1.[Cl-]. The van der Waals surface area contributed by atoms with E-state index in [1.54, 1.807) is 0 Å². The van der Waals surface area contributed by atoms with Crippen LogP contribution < -0.4 is 12.4 Å². The minimum absolute atomic E-state index is 0. The van der Waals surface area contributed by atoms with Gasteiger partial charge in [-0.15, -0.1) is 11.6 Å². The zero-order valence-corrected chi connectivity index (χ0v) is 8.37. The van der Waals surface area contributed by atoms with Crippen LogP contribution >= 0.6 is 11.6 Å². The van der Waals surface area contributed by atoms with Gasteiger partial charge in [0.05, 0.1) is 32.7 Å². The Morgan fingerprint density at radius 3 is 2.36 bits per heavy atom. The van der Waals surface area contributed by atoms with Gasteiger partial charge in [0.2, 0.25) is 0 Å². The lowest BCUT2D eigenvalue weighted by Crippen LogP contribution is -3.00. The Bertz CT molecular complexity index is 99.1. The first-order chi connectivity index (χ1) is 4.77. The summed E-state index contributed by atoms with van der Waals surface area (Å²) in [6, 6.07) is 0. The summed E-state index contributed by atoms with van der Waals surface area (Å²) in [5.74, 6) is 0.760. The van der Waals surface area contributed by atoms with Crippen molar-refractivity contribution in [3.63, 3.8) is 0 Å². The first-order valence-electron chi connectivity index (χ1n) is 3.74. The Hall–Kier alpha value is 0.500. The van der Waals surface area contributed by atoms with Gasteiger partial charge in [-0.2, -0.15) is 0 Å². The summed E-state index contributed by atoms with van der Waals surface area (Å²) in [6.45, 7) is 5.10. The van der Waals surface area contributed by atoms with E-state index in [-0.39, 0.29) is 12.4 Å². The maximum absolute atomic E-state index is 5.67. The Morgan fingerprint density at radius 1 is 1.36 bits per heavy atom. The number of rotatable bonds is 2. The monoisotopic (exact) mass is 199 g/mol. The van der Waals surface area contributed by atoms with Gasteiger partial charge in [0.15, 0.2) is 0 Å². The highest BCUT2D eigenvalue weighted by atomic mass is 35.5. The van der Waals surface area contributed by atoms with E-state index in [4.69, 9.17) is 16.3 Å². The van der Waals surface area contributed by atoms with E-state index >= 15 is 0 Å². The normalized spacial score (nSPS) is 22.4. The number of halogens is 2. The smallest absolute Gasteiger partial charge is 0.102 e. The Morgan fingerprint density at radius 2 is 1.91 bits per heavy atom. The summed E-state index contributed by atoms with van der Waals surface area (Å²) in [5.41, 5.74) is 0. The highest BCUT2D eigenvalue weighted by molar-refractivity contribution is 6.17. The molecule has 0 aliphatic carbocycles. The molecule has 0 spiro atoms. The minimum atomic E-state index is 0. The molecule has 1 heterocycles. The third-order valence-corrected chi connectivity index (χ3v) is 2.34. The number of alkyl halides is 1. The second-order valence-electron chi connectivity index (χ2n) is 3.09. The summed E-state index contributed by atoms with van der Waals surface area (Å²) < 4.78 is 6.34. The first-order valence-corrected chi connectivity index (χ1v) is 4.28. The minimum Gasteiger partial charge on any atom is -1.00 e. The molecule has 68 valence electrons. The standard InChI is InChI=1S/C7H15ClNO.ClH/c1-9(3-2-8)4-6-10-7-5-9;/h2-7H2,1H3;1H/q+1;/p-1. The van der Waals surface area contributed by atoms with Crippen LogP contribution in [0.1, 0.15) is 0 Å². The molecule has 0 aromatic carbocycles. The summed E-state index contributed by atoms with van der Waals surface area (Å²) in [4.78, 5) is 0. The van der Waals surface area contributed by atoms with Gasteiger partial charge in [0.25, 0.3) is 0 Å². The molecule has 4 heteroatoms. The lowest BCUT2D eigenvalue weighted by molar-refractivity contribution is -0.914. The molecular weight excluding hydrogens is 185 g/mol. The van der Waals surface area contributed by atoms with Crippen molar-refractivity contribution in [2.24, 2.45) is 0 Å². The van der Waals surface area contributed by atoms with Gasteiger partial charge in [-0.3, -0.25) is 0 Å². The van der Waals surface area contributed by atoms with Gasteiger partial charge in [-0.1, -0.05) is 0 Å². The summed E-state index contributed by atoms with van der Waals surface area (Å²) in [5, 5.41) is 0. The molecule has 0 N–H and O–H groups in total. The van der Waals surface area contributed by atoms with Crippen LogP contribution in [0.15, 0.2) is 0 Å². The maximum atomic E-state index is 5.67. The fourth-order valence-corrected chi connectivity index (χ4v) is 1.62. The predicted octanol–water partition coefficient (Wildman–Crippen LogP) is -2.29. The number of hydrogen-bond donors (Lipinski definition) is 0. The lowest BCUT2D eigenvalue weighted by atomic mass is 10.3. The van der Waals surface area contributed by atoms with E-state index in [9.17, 15) is 0 Å². The third-order valence-electron chi connectivity index (χ3n) is 2.18. The maximum Gasteiger partial charge on any atom is 0.102 e. The highest BCUT2D eigenvalue weighted by Crippen LogP contribution is 2.06. The van der Waals surface area contributed by atoms with Crippen molar-refractivity contribution >= 4 is 11.6 Å². The number of likely N-dealkylation sites (N-methyl/N-ethyl adjacent to an activating group) is 1. The van der Waals surface area contributed by atoms with E-state index in [0.29, 0.717) is 0 Å². The Balaban J connectivity index is 0.000001000. The van der Waals surface area contributed by atoms with Crippen molar-refractivity contribution < 1.29 is 21.6 Å². The molecule has 1 fully saturated rings. The van der Waals surface area contributed by atoms with Gasteiger partial charge >= 0.3 is 0 Å². The first kappa shape index (κ1) is 11.5. The van der Waals surface area contributed by atoms with Gasteiger partial charge in [-0.05, 0) is 0 Å². The van der Waals surface area contributed by atoms with Crippen molar-refractivity contribution in [3.8, 4) is 0 Å². The molecule has 0 saturated carbocycles. The molecule has 2 nitrogen and oxygen atoms in total. The molecule has 0 amide bonds. The third kappa shape index (κ3) is 3.61. The van der Waals surface area contributed by atoms with Crippen molar-refractivity contribution in [1.29, 1.82) is 0 Å². The van der Waals surface area contributed by atoms with Gasteiger partial charge in [0, 0.05) is 0 Å². The highest BCUT2D eigenvalue weighted by Gasteiger charge is 2.23. The van der Waals surface area contributed by atoms with E-state index in [0.717, 1.165) is 43.2 Å². The van der Waals surface area contributed by atoms with E-state index in [1.165, 1.54) is 0 Å². The van der Waals surface area contributed by atoms with Crippen molar-refractivity contribution in [3.05, 3.63) is 0 Å². The van der Waals surface area contributed by atoms with Crippen LogP contribution in [0.4, 0.5) is 0 Å². The Labute approximate surface area is 79.5 Å². The average Bonchev–Trinajstić information content (AvgIpc) is 1.89. The largest absolute Gasteiger partial charge is 1.00 e. The molecule has 1 aliphatic rings. The fourth-order valence-electron chi connectivity index (χ4n) is 1.21. The second-order valence-corrected chi connectivity index (χ2v) is 3.47. The summed E-state index contributed by atoms with van der Waals surface area (Å²) in [7, 11) is 2.24. The summed E-state index contributed by atoms with van der Waals surface area (Å²) in [6.07, 6.45) is 0. The van der Waals surface area contributed by atoms with Crippen LogP contribution in [-0.4, -0.2) is 50.3 Å². The van der Waals surface area contributed by atoms with Crippen molar-refractivity contribution in [2.75, 3.05) is 45.8 Å². The molecule has 1 saturated heterocycles. The molecule has 0 radical (unpaired) electrons. The van der Waals surface area contributed by atoms with Crippen molar-refractivity contribution in [1.82, 2.24) is 0 Å². The predicted molar refractivity (Wildman–Crippen MR) is 42.3 cm³/mol. The molecule has 0 bridgehead atoms. The number of ether oxygens (including phenoxy) is 1. The average molecular weight is 200 g/mol. The molecule has 1 aliphatic heterocycles. The lowest BCUT2D eigenvalue weighted by Gasteiger charge is -2.36. The van der Waals surface area contributed by atoms with Crippen LogP contribution in [0.3, 0.4) is 0 Å². The van der Waals surface area contributed by atoms with E-state index in [2.05, 4.69) is 7.05 Å². The molecule has 0 aromatic heterocycles. The van der Waals surface area contributed by atoms with Crippen LogP contribution in [0.2, 0.25) is 0 Å². The van der Waals surface area contributed by atoms with Crippen LogP contribution in [-0.2, 0) is 4.74 Å². The number of hydrogen-bond acceptors (Lipinski definition) is 1. The van der Waals surface area contributed by atoms with Crippen LogP contribution in [0, 0.1) is 0 Å². The van der Waals surface area contributed by atoms with Crippen molar-refractivity contribution in [2.45, 2.75) is 0 Å². The number of morpholine rings is 1. The summed E-state index contributed by atoms with van der Waals surface area (Å²) >= 11 is 5.67. The molecule has 1 rings (SSSR count). The molecular formula is C7H15Cl2NO. The zero-order valence-electron chi connectivity index (χ0n) is 6.85. The van der Waals surface area contributed by atoms with Gasteiger partial charge in [-0.25, -0.2) is 0 Å². The Kier molecular flexibility index (Phi) is 5.44.